The second-order valence-electron chi connectivity index (χ2n) is 5.68. The zero-order valence-corrected chi connectivity index (χ0v) is 13.6. The third-order valence-corrected chi connectivity index (χ3v) is 3.85. The first-order chi connectivity index (χ1) is 10.7. The predicted molar refractivity (Wildman–Crippen MR) is 88.4 cm³/mol. The summed E-state index contributed by atoms with van der Waals surface area (Å²) in [5.74, 6) is 0.0132. The van der Waals surface area contributed by atoms with Gasteiger partial charge in [-0.15, -0.1) is 0 Å². The number of carbonyl (C=O) groups is 1. The summed E-state index contributed by atoms with van der Waals surface area (Å²) in [7, 11) is 0. The van der Waals surface area contributed by atoms with Crippen LogP contribution in [-0.2, 0) is 22.6 Å². The summed E-state index contributed by atoms with van der Waals surface area (Å²) in [6, 6.07) is 8.47. The fourth-order valence-corrected chi connectivity index (χ4v) is 2.50. The molecule has 0 spiro atoms. The van der Waals surface area contributed by atoms with Crippen molar-refractivity contribution in [3.8, 4) is 0 Å². The van der Waals surface area contributed by atoms with Gasteiger partial charge in [0.15, 0.2) is 0 Å². The number of allylic oxidation sites excluding steroid dienone is 1. The van der Waals surface area contributed by atoms with Crippen molar-refractivity contribution >= 4 is 5.91 Å². The van der Waals surface area contributed by atoms with Crippen LogP contribution in [0.25, 0.3) is 0 Å². The molecule has 0 aromatic heterocycles. The number of hydrogen-bond acceptors (Lipinski definition) is 3. The first-order valence-corrected chi connectivity index (χ1v) is 8.02. The summed E-state index contributed by atoms with van der Waals surface area (Å²) in [6.07, 6.45) is 2.83. The van der Waals surface area contributed by atoms with Crippen LogP contribution in [0, 0.1) is 0 Å². The Morgan fingerprint density at radius 2 is 1.86 bits per heavy atom. The third kappa shape index (κ3) is 5.28. The maximum absolute atomic E-state index is 11.8. The van der Waals surface area contributed by atoms with Gasteiger partial charge in [-0.1, -0.05) is 37.3 Å². The molecule has 4 nitrogen and oxygen atoms in total. The van der Waals surface area contributed by atoms with Crippen LogP contribution in [0.3, 0.4) is 0 Å². The second kappa shape index (κ2) is 8.71. The van der Waals surface area contributed by atoms with Gasteiger partial charge in [-0.25, -0.2) is 0 Å². The summed E-state index contributed by atoms with van der Waals surface area (Å²) < 4.78 is 5.36. The Kier molecular flexibility index (Phi) is 6.62. The van der Waals surface area contributed by atoms with Crippen molar-refractivity contribution in [3.05, 3.63) is 47.0 Å². The maximum Gasteiger partial charge on any atom is 0.246 e. The van der Waals surface area contributed by atoms with Gasteiger partial charge in [0.2, 0.25) is 5.91 Å². The Labute approximate surface area is 133 Å². The fraction of sp³-hybridized carbons (Fsp3) is 0.500. The molecule has 1 saturated heterocycles. The molecule has 1 heterocycles. The molecular weight excluding hydrogens is 276 g/mol. The second-order valence-corrected chi connectivity index (χ2v) is 5.68. The molecule has 0 unspecified atom stereocenters. The van der Waals surface area contributed by atoms with Gasteiger partial charge in [0, 0.05) is 31.8 Å². The van der Waals surface area contributed by atoms with Gasteiger partial charge < -0.3 is 10.1 Å². The molecule has 0 radical (unpaired) electrons. The van der Waals surface area contributed by atoms with Crippen LogP contribution in [-0.4, -0.2) is 37.1 Å². The van der Waals surface area contributed by atoms with E-state index in [4.69, 9.17) is 4.74 Å². The number of benzene rings is 1. The molecule has 120 valence electrons. The summed E-state index contributed by atoms with van der Waals surface area (Å²) in [5.41, 5.74) is 3.22. The number of nitrogens with one attached hydrogen (secondary N) is 1. The van der Waals surface area contributed by atoms with Gasteiger partial charge in [-0.05, 0) is 24.5 Å². The zero-order chi connectivity index (χ0) is 15.8. The highest BCUT2D eigenvalue weighted by molar-refractivity contribution is 5.92. The molecule has 1 aromatic rings. The molecule has 0 bridgehead atoms. The van der Waals surface area contributed by atoms with E-state index in [1.165, 1.54) is 5.56 Å². The number of amides is 1. The Bertz CT molecular complexity index is 502. The quantitative estimate of drug-likeness (QED) is 0.821. The van der Waals surface area contributed by atoms with Crippen molar-refractivity contribution in [2.45, 2.75) is 33.4 Å². The van der Waals surface area contributed by atoms with E-state index in [9.17, 15) is 4.79 Å². The van der Waals surface area contributed by atoms with Gasteiger partial charge in [-0.2, -0.15) is 0 Å². The van der Waals surface area contributed by atoms with Crippen molar-refractivity contribution in [1.29, 1.82) is 0 Å². The molecule has 22 heavy (non-hydrogen) atoms. The van der Waals surface area contributed by atoms with Crippen molar-refractivity contribution < 1.29 is 9.53 Å². The highest BCUT2D eigenvalue weighted by atomic mass is 16.5. The minimum atomic E-state index is 0.0132. The molecule has 1 aliphatic heterocycles. The number of rotatable bonds is 6. The van der Waals surface area contributed by atoms with E-state index < -0.39 is 0 Å². The van der Waals surface area contributed by atoms with Crippen molar-refractivity contribution in [3.63, 3.8) is 0 Å². The molecule has 1 fully saturated rings. The SMILES string of the molecule is CCC=C(C)C(=O)NCc1ccc(CN2CCOCC2)cc1. The maximum atomic E-state index is 11.8. The van der Waals surface area contributed by atoms with Crippen LogP contribution in [0.4, 0.5) is 0 Å². The minimum absolute atomic E-state index is 0.0132. The van der Waals surface area contributed by atoms with Gasteiger partial charge in [0.05, 0.1) is 13.2 Å². The molecule has 4 heteroatoms. The summed E-state index contributed by atoms with van der Waals surface area (Å²) in [4.78, 5) is 14.2. The van der Waals surface area contributed by atoms with E-state index in [1.54, 1.807) is 0 Å². The van der Waals surface area contributed by atoms with Crippen LogP contribution in [0.15, 0.2) is 35.9 Å². The normalized spacial score (nSPS) is 16.5. The standard InChI is InChI=1S/C18H26N2O2/c1-3-4-15(2)18(21)19-13-16-5-7-17(8-6-16)14-20-9-11-22-12-10-20/h4-8H,3,9-14H2,1-2H3,(H,19,21). The number of carbonyl (C=O) groups excluding carboxylic acids is 1. The molecule has 1 aliphatic rings. The number of ether oxygens (including phenoxy) is 1. The van der Waals surface area contributed by atoms with E-state index in [0.29, 0.717) is 6.54 Å². The molecule has 1 N–H and O–H groups in total. The monoisotopic (exact) mass is 302 g/mol. The summed E-state index contributed by atoms with van der Waals surface area (Å²) in [6.45, 7) is 9.08. The third-order valence-electron chi connectivity index (χ3n) is 3.85. The van der Waals surface area contributed by atoms with E-state index in [1.807, 2.05) is 19.9 Å². The highest BCUT2D eigenvalue weighted by Gasteiger charge is 2.10. The average Bonchev–Trinajstić information content (AvgIpc) is 2.55. The Morgan fingerprint density at radius 1 is 1.23 bits per heavy atom. The molecule has 0 atom stereocenters. The van der Waals surface area contributed by atoms with Gasteiger partial charge in [0.25, 0.3) is 0 Å². The van der Waals surface area contributed by atoms with E-state index in [-0.39, 0.29) is 5.91 Å². The van der Waals surface area contributed by atoms with Gasteiger partial charge >= 0.3 is 0 Å². The Hall–Kier alpha value is -1.65. The molecule has 1 amide bonds. The van der Waals surface area contributed by atoms with Crippen molar-refractivity contribution in [2.75, 3.05) is 26.3 Å². The van der Waals surface area contributed by atoms with Crippen LogP contribution >= 0.6 is 0 Å². The first kappa shape index (κ1) is 16.7. The minimum Gasteiger partial charge on any atom is -0.379 e. The van der Waals surface area contributed by atoms with E-state index in [2.05, 4.69) is 34.5 Å². The molecule has 0 aliphatic carbocycles. The largest absolute Gasteiger partial charge is 0.379 e. The molecule has 0 saturated carbocycles. The lowest BCUT2D eigenvalue weighted by molar-refractivity contribution is -0.117. The van der Waals surface area contributed by atoms with E-state index >= 15 is 0 Å². The lowest BCUT2D eigenvalue weighted by atomic mass is 10.1. The van der Waals surface area contributed by atoms with Crippen LogP contribution in [0.1, 0.15) is 31.4 Å². The number of hydrogen-bond donors (Lipinski definition) is 1. The van der Waals surface area contributed by atoms with Crippen LogP contribution in [0.2, 0.25) is 0 Å². The van der Waals surface area contributed by atoms with Gasteiger partial charge in [0.1, 0.15) is 0 Å². The lowest BCUT2D eigenvalue weighted by Gasteiger charge is -2.26. The topological polar surface area (TPSA) is 41.6 Å². The molecule has 2 rings (SSSR count). The Morgan fingerprint density at radius 3 is 2.50 bits per heavy atom. The summed E-state index contributed by atoms with van der Waals surface area (Å²) in [5, 5.41) is 2.95. The predicted octanol–water partition coefficient (Wildman–Crippen LogP) is 2.49. The van der Waals surface area contributed by atoms with Crippen LogP contribution < -0.4 is 5.32 Å². The molecule has 1 aromatic carbocycles. The highest BCUT2D eigenvalue weighted by Crippen LogP contribution is 2.09. The number of morpholine rings is 1. The smallest absolute Gasteiger partial charge is 0.246 e. The van der Waals surface area contributed by atoms with Crippen molar-refractivity contribution in [1.82, 2.24) is 10.2 Å². The van der Waals surface area contributed by atoms with Crippen molar-refractivity contribution in [2.24, 2.45) is 0 Å². The van der Waals surface area contributed by atoms with Gasteiger partial charge in [-0.3, -0.25) is 9.69 Å². The molecular formula is C18H26N2O2. The summed E-state index contributed by atoms with van der Waals surface area (Å²) >= 11 is 0. The lowest BCUT2D eigenvalue weighted by Crippen LogP contribution is -2.35. The first-order valence-electron chi connectivity index (χ1n) is 8.02. The Balaban J connectivity index is 1.81. The number of nitrogens with zero attached hydrogens (tertiary/aromatic N) is 1. The van der Waals surface area contributed by atoms with Crippen LogP contribution in [0.5, 0.6) is 0 Å². The van der Waals surface area contributed by atoms with E-state index in [0.717, 1.165) is 50.4 Å². The average molecular weight is 302 g/mol. The zero-order valence-electron chi connectivity index (χ0n) is 13.6. The fourth-order valence-electron chi connectivity index (χ4n) is 2.50.